The number of ketones is 1. The Hall–Kier alpha value is -3.71. The third-order valence-electron chi connectivity index (χ3n) is 5.72. The average molecular weight is 433 g/mol. The lowest BCUT2D eigenvalue weighted by Crippen LogP contribution is -1.90. The van der Waals surface area contributed by atoms with Gasteiger partial charge in [-0.1, -0.05) is 114 Å². The molecular weight excluding hydrogens is 400 g/mol. The van der Waals surface area contributed by atoms with Gasteiger partial charge in [0.15, 0.2) is 5.78 Å². The molecule has 0 N–H and O–H groups in total. The van der Waals surface area contributed by atoms with Crippen LogP contribution in [0.25, 0.3) is 21.5 Å². The van der Waals surface area contributed by atoms with E-state index in [1.165, 1.54) is 43.8 Å². The van der Waals surface area contributed by atoms with Crippen molar-refractivity contribution in [2.45, 2.75) is 34.6 Å². The maximum Gasteiger partial charge on any atom is 0.159 e. The third kappa shape index (κ3) is 6.63. The zero-order valence-corrected chi connectivity index (χ0v) is 20.2. The third-order valence-corrected chi connectivity index (χ3v) is 5.72. The van der Waals surface area contributed by atoms with Gasteiger partial charge >= 0.3 is 0 Å². The molecule has 0 heterocycles. The van der Waals surface area contributed by atoms with E-state index in [-0.39, 0.29) is 5.78 Å². The minimum Gasteiger partial charge on any atom is -0.295 e. The number of Topliss-reactive ketones (excluding diaryl/α,β-unsaturated/α-hetero) is 1. The molecule has 1 nitrogen and oxygen atoms in total. The molecule has 0 radical (unpaired) electrons. The van der Waals surface area contributed by atoms with Gasteiger partial charge in [0, 0.05) is 5.56 Å². The molecule has 0 spiro atoms. The van der Waals surface area contributed by atoms with Gasteiger partial charge in [-0.2, -0.15) is 0 Å². The molecule has 0 fully saturated rings. The smallest absolute Gasteiger partial charge is 0.159 e. The highest BCUT2D eigenvalue weighted by atomic mass is 16.1. The monoisotopic (exact) mass is 432 g/mol. The van der Waals surface area contributed by atoms with Gasteiger partial charge in [-0.15, -0.1) is 0 Å². The van der Waals surface area contributed by atoms with Crippen LogP contribution in [0.4, 0.5) is 0 Å². The largest absolute Gasteiger partial charge is 0.295 e. The fourth-order valence-corrected chi connectivity index (χ4v) is 3.74. The summed E-state index contributed by atoms with van der Waals surface area (Å²) in [5.74, 6) is 0.125. The Morgan fingerprint density at radius 1 is 0.515 bits per heavy atom. The van der Waals surface area contributed by atoms with Crippen molar-refractivity contribution in [1.82, 2.24) is 0 Å². The molecule has 1 heteroatoms. The highest BCUT2D eigenvalue weighted by molar-refractivity contribution is 5.94. The molecule has 0 aliphatic carbocycles. The first-order valence-corrected chi connectivity index (χ1v) is 11.3. The van der Waals surface area contributed by atoms with E-state index in [0.717, 1.165) is 5.56 Å². The lowest BCUT2D eigenvalue weighted by molar-refractivity contribution is 0.101. The van der Waals surface area contributed by atoms with Gasteiger partial charge in [0.2, 0.25) is 0 Å². The van der Waals surface area contributed by atoms with E-state index in [1.54, 1.807) is 6.92 Å². The summed E-state index contributed by atoms with van der Waals surface area (Å²) in [5.41, 5.74) is 6.00. The van der Waals surface area contributed by atoms with E-state index in [9.17, 15) is 4.79 Å². The molecule has 5 rings (SSSR count). The van der Waals surface area contributed by atoms with E-state index in [4.69, 9.17) is 0 Å². The van der Waals surface area contributed by atoms with Crippen molar-refractivity contribution in [3.63, 3.8) is 0 Å². The van der Waals surface area contributed by atoms with Gasteiger partial charge in [0.1, 0.15) is 0 Å². The molecule has 166 valence electrons. The Morgan fingerprint density at radius 2 is 1.03 bits per heavy atom. The van der Waals surface area contributed by atoms with Gasteiger partial charge in [-0.25, -0.2) is 0 Å². The van der Waals surface area contributed by atoms with Crippen LogP contribution in [0.15, 0.2) is 103 Å². The Balaban J connectivity index is 0.000000140. The summed E-state index contributed by atoms with van der Waals surface area (Å²) in [4.78, 5) is 10.8. The topological polar surface area (TPSA) is 17.1 Å². The fourth-order valence-electron chi connectivity index (χ4n) is 3.74. The number of hydrogen-bond acceptors (Lipinski definition) is 1. The van der Waals surface area contributed by atoms with Crippen molar-refractivity contribution >= 4 is 27.3 Å². The molecule has 0 saturated carbocycles. The van der Waals surface area contributed by atoms with Crippen LogP contribution in [-0.4, -0.2) is 5.78 Å². The highest BCUT2D eigenvalue weighted by Crippen LogP contribution is 2.19. The highest BCUT2D eigenvalue weighted by Gasteiger charge is 1.96. The summed E-state index contributed by atoms with van der Waals surface area (Å²) in [6.45, 7) is 10.00. The molecule has 33 heavy (non-hydrogen) atoms. The minimum atomic E-state index is 0.125. The van der Waals surface area contributed by atoms with Crippen molar-refractivity contribution in [2.24, 2.45) is 0 Å². The van der Waals surface area contributed by atoms with E-state index >= 15 is 0 Å². The van der Waals surface area contributed by atoms with Gasteiger partial charge in [0.25, 0.3) is 0 Å². The van der Waals surface area contributed by atoms with Crippen LogP contribution in [0.3, 0.4) is 0 Å². The second-order valence-corrected chi connectivity index (χ2v) is 8.52. The first kappa shape index (κ1) is 23.9. The van der Waals surface area contributed by atoms with Crippen molar-refractivity contribution in [2.75, 3.05) is 0 Å². The number of benzene rings is 5. The second-order valence-electron chi connectivity index (χ2n) is 8.52. The summed E-state index contributed by atoms with van der Waals surface area (Å²) in [6, 6.07) is 35.4. The molecule has 5 aromatic carbocycles. The first-order valence-electron chi connectivity index (χ1n) is 11.3. The molecule has 0 bridgehead atoms. The Morgan fingerprint density at radius 3 is 1.64 bits per heavy atom. The predicted octanol–water partition coefficient (Wildman–Crippen LogP) is 8.80. The molecule has 0 aliphatic heterocycles. The minimum absolute atomic E-state index is 0.125. The number of fused-ring (bicyclic) bond motifs is 2. The molecule has 0 aliphatic rings. The van der Waals surface area contributed by atoms with Crippen LogP contribution >= 0.6 is 0 Å². The van der Waals surface area contributed by atoms with Gasteiger partial charge in [-0.05, 0) is 67.3 Å². The average Bonchev–Trinajstić information content (AvgIpc) is 2.81. The molecule has 5 aromatic rings. The van der Waals surface area contributed by atoms with E-state index in [0.29, 0.717) is 0 Å². The lowest BCUT2D eigenvalue weighted by atomic mass is 10.0. The molecule has 0 unspecified atom stereocenters. The van der Waals surface area contributed by atoms with Crippen LogP contribution in [-0.2, 0) is 0 Å². The maximum atomic E-state index is 10.8. The normalized spacial score (nSPS) is 10.1. The molecule has 0 saturated heterocycles. The van der Waals surface area contributed by atoms with E-state index in [1.807, 2.05) is 31.2 Å². The zero-order chi connectivity index (χ0) is 23.8. The standard InChI is InChI=1S/C12H12.C11H10.C9H10O/c1-9-6-7-12-10(2)4-3-5-11(12)8-9;1-9-5-4-7-10-6-2-3-8-11(9)10;1-7-3-5-9(6-4-7)8(2)10/h3-8H,1-2H3;2-8H,1H3;3-6H,1-2H3. The number of rotatable bonds is 1. The number of carbonyl (C=O) groups is 1. The van der Waals surface area contributed by atoms with Crippen molar-refractivity contribution in [3.8, 4) is 0 Å². The Labute approximate surface area is 197 Å². The molecule has 0 amide bonds. The predicted molar refractivity (Wildman–Crippen MR) is 143 cm³/mol. The van der Waals surface area contributed by atoms with Gasteiger partial charge in [-0.3, -0.25) is 4.79 Å². The number of carbonyl (C=O) groups excluding carboxylic acids is 1. The fraction of sp³-hybridized carbons (Fsp3) is 0.156. The van der Waals surface area contributed by atoms with Gasteiger partial charge in [0.05, 0.1) is 0 Å². The first-order chi connectivity index (χ1) is 15.8. The number of aryl methyl sites for hydroxylation is 4. The summed E-state index contributed by atoms with van der Waals surface area (Å²) >= 11 is 0. The van der Waals surface area contributed by atoms with E-state index in [2.05, 4.69) is 99.6 Å². The van der Waals surface area contributed by atoms with Crippen LogP contribution in [0.2, 0.25) is 0 Å². The van der Waals surface area contributed by atoms with Crippen LogP contribution in [0.5, 0.6) is 0 Å². The Bertz CT molecular complexity index is 1360. The summed E-state index contributed by atoms with van der Waals surface area (Å²) < 4.78 is 0. The maximum absolute atomic E-state index is 10.8. The summed E-state index contributed by atoms with van der Waals surface area (Å²) in [7, 11) is 0. The van der Waals surface area contributed by atoms with Crippen molar-refractivity contribution in [1.29, 1.82) is 0 Å². The van der Waals surface area contributed by atoms with E-state index < -0.39 is 0 Å². The summed E-state index contributed by atoms with van der Waals surface area (Å²) in [6.07, 6.45) is 0. The second kappa shape index (κ2) is 11.2. The quantitative estimate of drug-likeness (QED) is 0.242. The van der Waals surface area contributed by atoms with Crippen molar-refractivity contribution in [3.05, 3.63) is 131 Å². The number of hydrogen-bond donors (Lipinski definition) is 0. The lowest BCUT2D eigenvalue weighted by Gasteiger charge is -2.01. The van der Waals surface area contributed by atoms with Crippen LogP contribution < -0.4 is 0 Å². The molecule has 0 atom stereocenters. The van der Waals surface area contributed by atoms with Crippen LogP contribution in [0, 0.1) is 27.7 Å². The van der Waals surface area contributed by atoms with Crippen LogP contribution in [0.1, 0.15) is 39.5 Å². The Kier molecular flexibility index (Phi) is 8.16. The van der Waals surface area contributed by atoms with Crippen molar-refractivity contribution < 1.29 is 4.79 Å². The molecular formula is C32H32O. The summed E-state index contributed by atoms with van der Waals surface area (Å²) in [5, 5.41) is 5.39. The molecule has 0 aromatic heterocycles. The zero-order valence-electron chi connectivity index (χ0n) is 20.2. The SMILES string of the molecule is CC(=O)c1ccc(C)cc1.Cc1ccc2c(C)cccc2c1.Cc1cccc2ccccc12. The van der Waals surface area contributed by atoms with Gasteiger partial charge < -0.3 is 0 Å².